The number of pyridine rings is 3. The van der Waals surface area contributed by atoms with E-state index in [1.54, 1.807) is 81.2 Å². The number of methoxy groups -OCH3 is 2. The molecule has 2 amide bonds. The first-order chi connectivity index (χ1) is 21.4. The fourth-order valence-electron chi connectivity index (χ4n) is 4.57. The Morgan fingerprint density at radius 1 is 0.932 bits per heavy atom. The number of hydrogen-bond acceptors (Lipinski definition) is 8. The summed E-state index contributed by atoms with van der Waals surface area (Å²) in [5.41, 5.74) is 1.36. The Bertz CT molecular complexity index is 1860. The number of rotatable bonds is 11. The van der Waals surface area contributed by atoms with Gasteiger partial charge in [-0.3, -0.25) is 19.1 Å². The summed E-state index contributed by atoms with van der Waals surface area (Å²) < 4.78 is 18.2. The van der Waals surface area contributed by atoms with Gasteiger partial charge in [-0.25, -0.2) is 9.78 Å². The van der Waals surface area contributed by atoms with Crippen LogP contribution in [0, 0.1) is 0 Å². The Kier molecular flexibility index (Phi) is 8.99. The van der Waals surface area contributed by atoms with E-state index in [2.05, 4.69) is 20.6 Å². The lowest BCUT2D eigenvalue weighted by Crippen LogP contribution is -2.29. The molecule has 0 bridgehead atoms. The minimum Gasteiger partial charge on any atom is -0.493 e. The van der Waals surface area contributed by atoms with Crippen LogP contribution in [0.5, 0.6) is 23.0 Å². The molecule has 0 unspecified atom stereocenters. The van der Waals surface area contributed by atoms with Gasteiger partial charge in [0.2, 0.25) is 0 Å². The fourth-order valence-corrected chi connectivity index (χ4v) is 4.57. The van der Waals surface area contributed by atoms with Crippen LogP contribution in [0.4, 0.5) is 10.6 Å². The zero-order chi connectivity index (χ0) is 31.1. The van der Waals surface area contributed by atoms with E-state index in [0.29, 0.717) is 58.0 Å². The first kappa shape index (κ1) is 29.6. The molecular formula is C32H29N5O7. The molecule has 0 radical (unpaired) electrons. The van der Waals surface area contributed by atoms with Crippen LogP contribution in [0.1, 0.15) is 22.3 Å². The van der Waals surface area contributed by atoms with E-state index in [0.717, 1.165) is 0 Å². The van der Waals surface area contributed by atoms with E-state index < -0.39 is 17.6 Å². The predicted octanol–water partition coefficient (Wildman–Crippen LogP) is 5.04. The van der Waals surface area contributed by atoms with Crippen molar-refractivity contribution in [2.45, 2.75) is 12.8 Å². The van der Waals surface area contributed by atoms with Crippen LogP contribution < -0.4 is 30.4 Å². The molecule has 224 valence electrons. The largest absolute Gasteiger partial charge is 0.493 e. The van der Waals surface area contributed by atoms with Crippen molar-refractivity contribution < 1.29 is 28.9 Å². The Balaban J connectivity index is 1.36. The van der Waals surface area contributed by atoms with Crippen molar-refractivity contribution in [2.24, 2.45) is 0 Å². The highest BCUT2D eigenvalue weighted by atomic mass is 16.5. The third-order valence-corrected chi connectivity index (χ3v) is 6.68. The third kappa shape index (κ3) is 6.76. The molecule has 12 nitrogen and oxygen atoms in total. The molecule has 0 saturated heterocycles. The average Bonchev–Trinajstić information content (AvgIpc) is 3.04. The van der Waals surface area contributed by atoms with E-state index in [-0.39, 0.29) is 17.9 Å². The summed E-state index contributed by atoms with van der Waals surface area (Å²) in [4.78, 5) is 46.1. The lowest BCUT2D eigenvalue weighted by molar-refractivity contribution is 0.102. The molecule has 0 aliphatic rings. The maximum Gasteiger partial charge on any atom is 0.404 e. The highest BCUT2D eigenvalue weighted by molar-refractivity contribution is 6.03. The molecular weight excluding hydrogens is 566 g/mol. The molecule has 0 aliphatic carbocycles. The topological polar surface area (TPSA) is 154 Å². The van der Waals surface area contributed by atoms with Crippen LogP contribution in [0.3, 0.4) is 0 Å². The number of hydrogen-bond donors (Lipinski definition) is 3. The number of amides is 2. The van der Waals surface area contributed by atoms with Gasteiger partial charge in [0.05, 0.1) is 25.9 Å². The van der Waals surface area contributed by atoms with Gasteiger partial charge in [0.25, 0.3) is 11.5 Å². The van der Waals surface area contributed by atoms with E-state index in [4.69, 9.17) is 19.3 Å². The first-order valence-electron chi connectivity index (χ1n) is 13.6. The number of carbonyl (C=O) groups is 2. The number of benzene rings is 2. The maximum absolute atomic E-state index is 13.4. The quantitative estimate of drug-likeness (QED) is 0.178. The number of carbonyl (C=O) groups excluding carboxylic acids is 1. The summed E-state index contributed by atoms with van der Waals surface area (Å²) in [5.74, 6) is 1.59. The van der Waals surface area contributed by atoms with E-state index in [9.17, 15) is 14.4 Å². The Morgan fingerprint density at radius 2 is 1.70 bits per heavy atom. The maximum atomic E-state index is 13.4. The molecule has 3 N–H and O–H groups in total. The van der Waals surface area contributed by atoms with Crippen LogP contribution in [-0.2, 0) is 6.42 Å². The zero-order valence-corrected chi connectivity index (χ0v) is 23.9. The average molecular weight is 596 g/mol. The summed E-state index contributed by atoms with van der Waals surface area (Å²) in [7, 11) is 3.10. The van der Waals surface area contributed by atoms with Crippen LogP contribution in [0.25, 0.3) is 16.6 Å². The summed E-state index contributed by atoms with van der Waals surface area (Å²) >= 11 is 0. The van der Waals surface area contributed by atoms with Crippen molar-refractivity contribution in [2.75, 3.05) is 26.1 Å². The number of aromatic nitrogens is 3. The highest BCUT2D eigenvalue weighted by Crippen LogP contribution is 2.36. The molecule has 12 heteroatoms. The summed E-state index contributed by atoms with van der Waals surface area (Å²) in [6.07, 6.45) is 4.55. The summed E-state index contributed by atoms with van der Waals surface area (Å²) in [6.45, 7) is 0.233. The van der Waals surface area contributed by atoms with Gasteiger partial charge in [0.1, 0.15) is 22.9 Å². The lowest BCUT2D eigenvalue weighted by atomic mass is 10.1. The van der Waals surface area contributed by atoms with Gasteiger partial charge in [-0.1, -0.05) is 18.2 Å². The van der Waals surface area contributed by atoms with Gasteiger partial charge < -0.3 is 30.0 Å². The molecule has 0 aliphatic heterocycles. The molecule has 0 atom stereocenters. The summed E-state index contributed by atoms with van der Waals surface area (Å²) in [6, 6.07) is 18.9. The lowest BCUT2D eigenvalue weighted by Gasteiger charge is -2.13. The molecule has 5 aromatic rings. The van der Waals surface area contributed by atoms with Gasteiger partial charge in [0.15, 0.2) is 11.5 Å². The van der Waals surface area contributed by atoms with Gasteiger partial charge in [-0.2, -0.15) is 0 Å². The standard InChI is InChI=1S/C32H29N5O7/c1-42-27-16-23-25(17-28(27)43-2)33-14-12-26(23)44-22-10-11-29(35-18-22)36-30(38)24-15-20(7-6-13-34-32(40)41)19-37(31(24)39)21-8-4-3-5-9-21/h3-5,8-12,14-19,34H,6-7,13H2,1-2H3,(H,40,41)(H,35,36,38). The van der Waals surface area contributed by atoms with Gasteiger partial charge >= 0.3 is 6.09 Å². The molecule has 3 heterocycles. The van der Waals surface area contributed by atoms with Gasteiger partial charge in [-0.05, 0) is 60.9 Å². The number of carboxylic acid groups (broad SMARTS) is 1. The number of nitrogens with one attached hydrogen (secondary N) is 2. The van der Waals surface area contributed by atoms with Crippen LogP contribution in [0.2, 0.25) is 0 Å². The molecule has 44 heavy (non-hydrogen) atoms. The van der Waals surface area contributed by atoms with E-state index in [1.165, 1.54) is 16.8 Å². The predicted molar refractivity (Wildman–Crippen MR) is 163 cm³/mol. The third-order valence-electron chi connectivity index (χ3n) is 6.68. The minimum atomic E-state index is -1.11. The minimum absolute atomic E-state index is 0.0766. The number of nitrogens with zero attached hydrogens (tertiary/aromatic N) is 3. The van der Waals surface area contributed by atoms with Crippen molar-refractivity contribution in [3.63, 3.8) is 0 Å². The van der Waals surface area contributed by atoms with Crippen molar-refractivity contribution in [1.82, 2.24) is 19.9 Å². The smallest absolute Gasteiger partial charge is 0.404 e. The SMILES string of the molecule is COc1cc2nccc(Oc3ccc(NC(=O)c4cc(CCCNC(=O)O)cn(-c5ccccc5)c4=O)nc3)c2cc1OC. The molecule has 5 rings (SSSR count). The van der Waals surface area contributed by atoms with E-state index in [1.807, 2.05) is 6.07 Å². The second kappa shape index (κ2) is 13.4. The first-order valence-corrected chi connectivity index (χ1v) is 13.6. The van der Waals surface area contributed by atoms with Crippen molar-refractivity contribution in [3.8, 4) is 28.7 Å². The molecule has 3 aromatic heterocycles. The van der Waals surface area contributed by atoms with Gasteiger partial charge in [-0.15, -0.1) is 0 Å². The summed E-state index contributed by atoms with van der Waals surface area (Å²) in [5, 5.41) is 14.5. The number of ether oxygens (including phenoxy) is 3. The van der Waals surface area contributed by atoms with Crippen molar-refractivity contribution in [3.05, 3.63) is 107 Å². The molecule has 0 spiro atoms. The Hall–Kier alpha value is -5.91. The molecule has 2 aromatic carbocycles. The zero-order valence-electron chi connectivity index (χ0n) is 23.9. The molecule has 0 fully saturated rings. The second-order valence-corrected chi connectivity index (χ2v) is 9.58. The Labute approximate surface area is 251 Å². The van der Waals surface area contributed by atoms with Crippen molar-refractivity contribution >= 4 is 28.7 Å². The second-order valence-electron chi connectivity index (χ2n) is 9.58. The van der Waals surface area contributed by atoms with Crippen LogP contribution >= 0.6 is 0 Å². The number of aryl methyl sites for hydroxylation is 1. The normalized spacial score (nSPS) is 10.7. The molecule has 0 saturated carbocycles. The van der Waals surface area contributed by atoms with Crippen LogP contribution in [0.15, 0.2) is 90.1 Å². The van der Waals surface area contributed by atoms with Crippen molar-refractivity contribution in [1.29, 1.82) is 0 Å². The Morgan fingerprint density at radius 3 is 2.41 bits per heavy atom. The van der Waals surface area contributed by atoms with E-state index >= 15 is 0 Å². The number of anilines is 1. The number of fused-ring (bicyclic) bond motifs is 1. The fraction of sp³-hybridized carbons (Fsp3) is 0.156. The van der Waals surface area contributed by atoms with Crippen LogP contribution in [-0.4, -0.2) is 52.4 Å². The monoisotopic (exact) mass is 595 g/mol. The highest BCUT2D eigenvalue weighted by Gasteiger charge is 2.17. The van der Waals surface area contributed by atoms with Gasteiger partial charge in [0, 0.05) is 36.1 Å². The number of para-hydroxylation sites is 1.